The lowest BCUT2D eigenvalue weighted by molar-refractivity contribution is -0.119. The molecular weight excluding hydrogens is 226 g/mol. The van der Waals surface area contributed by atoms with E-state index in [1.807, 2.05) is 44.2 Å². The van der Waals surface area contributed by atoms with Gasteiger partial charge < -0.3 is 10.6 Å². The highest BCUT2D eigenvalue weighted by molar-refractivity contribution is 5.93. The second kappa shape index (κ2) is 5.49. The van der Waals surface area contributed by atoms with Crippen molar-refractivity contribution in [3.05, 3.63) is 36.0 Å². The molecule has 0 unspecified atom stereocenters. The van der Waals surface area contributed by atoms with E-state index in [4.69, 9.17) is 0 Å². The van der Waals surface area contributed by atoms with Gasteiger partial charge in [0.05, 0.1) is 6.54 Å². The fourth-order valence-electron chi connectivity index (χ4n) is 1.89. The molecule has 1 aromatic heterocycles. The van der Waals surface area contributed by atoms with Crippen molar-refractivity contribution in [2.45, 2.75) is 13.8 Å². The quantitative estimate of drug-likeness (QED) is 0.864. The Balaban J connectivity index is 2.24. The van der Waals surface area contributed by atoms with Gasteiger partial charge in [0.15, 0.2) is 0 Å². The van der Waals surface area contributed by atoms with Crippen LogP contribution in [-0.4, -0.2) is 24.0 Å². The lowest BCUT2D eigenvalue weighted by Crippen LogP contribution is -2.29. The Morgan fingerprint density at radius 1 is 1.33 bits per heavy atom. The normalized spacial score (nSPS) is 10.3. The van der Waals surface area contributed by atoms with E-state index in [1.54, 1.807) is 0 Å². The zero-order valence-electron chi connectivity index (χ0n) is 10.7. The summed E-state index contributed by atoms with van der Waals surface area (Å²) in [6.45, 7) is 4.73. The van der Waals surface area contributed by atoms with E-state index in [2.05, 4.69) is 15.6 Å². The van der Waals surface area contributed by atoms with E-state index >= 15 is 0 Å². The highest BCUT2D eigenvalue weighted by atomic mass is 16.1. The molecule has 1 amide bonds. The maximum absolute atomic E-state index is 11.4. The third kappa shape index (κ3) is 2.77. The number of amides is 1. The van der Waals surface area contributed by atoms with Crippen molar-refractivity contribution in [2.24, 2.45) is 0 Å². The molecule has 2 aromatic rings. The average molecular weight is 243 g/mol. The lowest BCUT2D eigenvalue weighted by atomic mass is 10.1. The molecule has 0 aliphatic carbocycles. The number of benzene rings is 1. The maximum atomic E-state index is 11.4. The molecule has 0 spiro atoms. The average Bonchev–Trinajstić information content (AvgIpc) is 2.36. The summed E-state index contributed by atoms with van der Waals surface area (Å²) in [5.74, 6) is 0.738. The fourth-order valence-corrected chi connectivity index (χ4v) is 1.89. The number of carbonyl (C=O) groups is 1. The number of pyridine rings is 1. The van der Waals surface area contributed by atoms with Crippen LogP contribution in [-0.2, 0) is 4.79 Å². The van der Waals surface area contributed by atoms with E-state index in [0.29, 0.717) is 6.54 Å². The molecule has 1 aromatic carbocycles. The number of nitrogens with one attached hydrogen (secondary N) is 2. The molecule has 1 heterocycles. The summed E-state index contributed by atoms with van der Waals surface area (Å²) >= 11 is 0. The van der Waals surface area contributed by atoms with Crippen LogP contribution in [0.15, 0.2) is 30.3 Å². The summed E-state index contributed by atoms with van der Waals surface area (Å²) in [5, 5.41) is 8.00. The van der Waals surface area contributed by atoms with Gasteiger partial charge in [0, 0.05) is 17.6 Å². The van der Waals surface area contributed by atoms with Gasteiger partial charge in [-0.05, 0) is 25.3 Å². The molecule has 18 heavy (non-hydrogen) atoms. The number of aryl methyl sites for hydroxylation is 1. The number of hydrogen-bond acceptors (Lipinski definition) is 3. The van der Waals surface area contributed by atoms with Gasteiger partial charge in [-0.3, -0.25) is 4.79 Å². The Labute approximate surface area is 106 Å². The van der Waals surface area contributed by atoms with E-state index in [-0.39, 0.29) is 12.5 Å². The number of carbonyl (C=O) groups excluding carboxylic acids is 1. The predicted octanol–water partition coefficient (Wildman–Crippen LogP) is 2.09. The molecule has 0 saturated carbocycles. The molecule has 0 bridgehead atoms. The van der Waals surface area contributed by atoms with Crippen molar-refractivity contribution in [1.82, 2.24) is 10.3 Å². The summed E-state index contributed by atoms with van der Waals surface area (Å²) in [5.41, 5.74) is 0.937. The molecule has 2 N–H and O–H groups in total. The van der Waals surface area contributed by atoms with Crippen molar-refractivity contribution in [3.8, 4) is 0 Å². The Hall–Kier alpha value is -2.10. The largest absolute Gasteiger partial charge is 0.360 e. The first-order chi connectivity index (χ1) is 8.70. The van der Waals surface area contributed by atoms with Crippen LogP contribution in [0.1, 0.15) is 12.6 Å². The molecule has 2 rings (SSSR count). The highest BCUT2D eigenvalue weighted by Gasteiger charge is 2.05. The van der Waals surface area contributed by atoms with E-state index in [1.165, 1.54) is 0 Å². The molecule has 4 heteroatoms. The summed E-state index contributed by atoms with van der Waals surface area (Å²) in [6, 6.07) is 10.0. The van der Waals surface area contributed by atoms with Gasteiger partial charge in [-0.25, -0.2) is 4.98 Å². The summed E-state index contributed by atoms with van der Waals surface area (Å²) in [4.78, 5) is 15.9. The number of fused-ring (bicyclic) bond motifs is 1. The van der Waals surface area contributed by atoms with Crippen LogP contribution in [0.2, 0.25) is 0 Å². The van der Waals surface area contributed by atoms with Gasteiger partial charge in [0.2, 0.25) is 5.91 Å². The number of likely N-dealkylation sites (N-methyl/N-ethyl adjacent to an activating group) is 1. The minimum Gasteiger partial charge on any atom is -0.360 e. The van der Waals surface area contributed by atoms with Gasteiger partial charge >= 0.3 is 0 Å². The minimum absolute atomic E-state index is 0.0233. The lowest BCUT2D eigenvalue weighted by Gasteiger charge is -2.09. The molecule has 4 nitrogen and oxygen atoms in total. The van der Waals surface area contributed by atoms with Crippen LogP contribution >= 0.6 is 0 Å². The number of anilines is 1. The molecule has 94 valence electrons. The van der Waals surface area contributed by atoms with E-state index in [0.717, 1.165) is 22.3 Å². The van der Waals surface area contributed by atoms with Gasteiger partial charge in [0.1, 0.15) is 5.82 Å². The molecule has 0 saturated heterocycles. The first-order valence-electron chi connectivity index (χ1n) is 6.07. The molecule has 0 aliphatic heterocycles. The molecule has 0 aliphatic rings. The first-order valence-corrected chi connectivity index (χ1v) is 6.07. The van der Waals surface area contributed by atoms with Gasteiger partial charge in [-0.2, -0.15) is 0 Å². The van der Waals surface area contributed by atoms with Crippen molar-refractivity contribution in [3.63, 3.8) is 0 Å². The van der Waals surface area contributed by atoms with Gasteiger partial charge in [-0.15, -0.1) is 0 Å². The molecule has 0 atom stereocenters. The molecular formula is C14H17N3O. The number of aromatic nitrogens is 1. The van der Waals surface area contributed by atoms with Gasteiger partial charge in [-0.1, -0.05) is 24.3 Å². The fraction of sp³-hybridized carbons (Fsp3) is 0.286. The third-order valence-corrected chi connectivity index (χ3v) is 2.66. The Kier molecular flexibility index (Phi) is 3.77. The molecule has 0 radical (unpaired) electrons. The number of rotatable bonds is 4. The second-order valence-corrected chi connectivity index (χ2v) is 4.14. The predicted molar refractivity (Wildman–Crippen MR) is 73.7 cm³/mol. The van der Waals surface area contributed by atoms with E-state index in [9.17, 15) is 4.79 Å². The van der Waals surface area contributed by atoms with Crippen LogP contribution in [0.25, 0.3) is 10.8 Å². The van der Waals surface area contributed by atoms with Crippen molar-refractivity contribution < 1.29 is 4.79 Å². The van der Waals surface area contributed by atoms with Crippen molar-refractivity contribution in [1.29, 1.82) is 0 Å². The standard InChI is InChI=1S/C14H17N3O/c1-3-15-13(18)9-16-14-12-7-5-4-6-11(12)8-10(2)17-14/h4-8H,3,9H2,1-2H3,(H,15,18)(H,16,17). The van der Waals surface area contributed by atoms with E-state index < -0.39 is 0 Å². The molecule has 0 fully saturated rings. The second-order valence-electron chi connectivity index (χ2n) is 4.14. The topological polar surface area (TPSA) is 54.0 Å². The summed E-state index contributed by atoms with van der Waals surface area (Å²) in [7, 11) is 0. The Morgan fingerprint density at radius 2 is 2.11 bits per heavy atom. The first kappa shape index (κ1) is 12.4. The van der Waals surface area contributed by atoms with Crippen LogP contribution in [0, 0.1) is 6.92 Å². The third-order valence-electron chi connectivity index (χ3n) is 2.66. The minimum atomic E-state index is -0.0233. The van der Waals surface area contributed by atoms with Crippen LogP contribution in [0.3, 0.4) is 0 Å². The number of nitrogens with zero attached hydrogens (tertiary/aromatic N) is 1. The zero-order valence-corrected chi connectivity index (χ0v) is 10.7. The Bertz CT molecular complexity index is 566. The SMILES string of the molecule is CCNC(=O)CNc1nc(C)cc2ccccc12. The van der Waals surface area contributed by atoms with Crippen LogP contribution in [0.5, 0.6) is 0 Å². The highest BCUT2D eigenvalue weighted by Crippen LogP contribution is 2.21. The summed E-state index contributed by atoms with van der Waals surface area (Å²) < 4.78 is 0. The zero-order chi connectivity index (χ0) is 13.0. The smallest absolute Gasteiger partial charge is 0.239 e. The monoisotopic (exact) mass is 243 g/mol. The Morgan fingerprint density at radius 3 is 2.89 bits per heavy atom. The van der Waals surface area contributed by atoms with Gasteiger partial charge in [0.25, 0.3) is 0 Å². The number of hydrogen-bond donors (Lipinski definition) is 2. The van der Waals surface area contributed by atoms with Crippen molar-refractivity contribution in [2.75, 3.05) is 18.4 Å². The van der Waals surface area contributed by atoms with Crippen molar-refractivity contribution >= 4 is 22.5 Å². The maximum Gasteiger partial charge on any atom is 0.239 e. The summed E-state index contributed by atoms with van der Waals surface area (Å²) in [6.07, 6.45) is 0. The van der Waals surface area contributed by atoms with Crippen LogP contribution in [0.4, 0.5) is 5.82 Å². The van der Waals surface area contributed by atoms with Crippen LogP contribution < -0.4 is 10.6 Å².